The van der Waals surface area contributed by atoms with Crippen LogP contribution >= 0.6 is 0 Å². The maximum Gasteiger partial charge on any atom is 0.167 e. The molecule has 33 heavy (non-hydrogen) atoms. The summed E-state index contributed by atoms with van der Waals surface area (Å²) < 4.78 is 48.4. The number of aliphatic hydroxyl groups is 1. The molecule has 1 aliphatic rings. The normalized spacial score (nSPS) is 18.6. The Balaban J connectivity index is 1.41. The lowest BCUT2D eigenvalue weighted by Gasteiger charge is -2.27. The third-order valence-corrected chi connectivity index (χ3v) is 6.53. The summed E-state index contributed by atoms with van der Waals surface area (Å²) in [5.74, 6) is -1.27. The first-order chi connectivity index (χ1) is 16.0. The maximum absolute atomic E-state index is 14.7. The molecule has 0 aliphatic heterocycles. The molecule has 0 aromatic heterocycles. The van der Waals surface area contributed by atoms with Crippen molar-refractivity contribution in [1.82, 2.24) is 0 Å². The quantitative estimate of drug-likeness (QED) is 0.427. The Bertz CT molecular complexity index is 1130. The monoisotopic (exact) mass is 452 g/mol. The van der Waals surface area contributed by atoms with Crippen LogP contribution in [-0.4, -0.2) is 12.2 Å². The molecule has 1 fully saturated rings. The van der Waals surface area contributed by atoms with Gasteiger partial charge in [0.2, 0.25) is 0 Å². The van der Waals surface area contributed by atoms with E-state index in [9.17, 15) is 13.2 Å². The highest BCUT2D eigenvalue weighted by Crippen LogP contribution is 2.38. The van der Waals surface area contributed by atoms with Crippen LogP contribution in [0.15, 0.2) is 60.7 Å². The van der Waals surface area contributed by atoms with Crippen LogP contribution in [-0.2, 0) is 6.61 Å². The molecule has 0 bridgehead atoms. The smallest absolute Gasteiger partial charge is 0.167 e. The van der Waals surface area contributed by atoms with E-state index in [1.165, 1.54) is 7.11 Å². The number of hydrogen-bond acceptors (Lipinski definition) is 2. The van der Waals surface area contributed by atoms with E-state index in [2.05, 4.69) is 0 Å². The van der Waals surface area contributed by atoms with Crippen LogP contribution < -0.4 is 4.74 Å². The fourth-order valence-corrected chi connectivity index (χ4v) is 4.53. The molecular formula is C28H27F3O2. The van der Waals surface area contributed by atoms with Crippen LogP contribution in [0.2, 0.25) is 0 Å². The van der Waals surface area contributed by atoms with Crippen LogP contribution in [0.5, 0.6) is 5.75 Å². The van der Waals surface area contributed by atoms with Gasteiger partial charge in [-0.05, 0) is 66.3 Å². The zero-order valence-electron chi connectivity index (χ0n) is 18.5. The van der Waals surface area contributed by atoms with Crippen molar-refractivity contribution in [2.75, 3.05) is 7.11 Å². The van der Waals surface area contributed by atoms with Gasteiger partial charge >= 0.3 is 0 Å². The van der Waals surface area contributed by atoms with Gasteiger partial charge in [-0.1, -0.05) is 54.6 Å². The predicted octanol–water partition coefficient (Wildman–Crippen LogP) is 7.26. The molecule has 0 spiro atoms. The fraction of sp³-hybridized carbons (Fsp3) is 0.286. The highest BCUT2D eigenvalue weighted by Gasteiger charge is 2.22. The highest BCUT2D eigenvalue weighted by molar-refractivity contribution is 5.67. The molecule has 0 radical (unpaired) electrons. The van der Waals surface area contributed by atoms with Crippen molar-refractivity contribution in [2.45, 2.75) is 38.2 Å². The molecular weight excluding hydrogens is 425 g/mol. The minimum Gasteiger partial charge on any atom is -0.494 e. The summed E-state index contributed by atoms with van der Waals surface area (Å²) in [5, 5.41) is 9.14. The Kier molecular flexibility index (Phi) is 7.19. The predicted molar refractivity (Wildman–Crippen MR) is 124 cm³/mol. The molecule has 172 valence electrons. The van der Waals surface area contributed by atoms with E-state index in [0.717, 1.165) is 31.2 Å². The Morgan fingerprint density at radius 2 is 1.64 bits per heavy atom. The van der Waals surface area contributed by atoms with Gasteiger partial charge in [-0.15, -0.1) is 0 Å². The summed E-state index contributed by atoms with van der Waals surface area (Å²) >= 11 is 0. The Hall–Kier alpha value is -3.05. The molecule has 1 aliphatic carbocycles. The third kappa shape index (κ3) is 5.14. The Morgan fingerprint density at radius 1 is 0.909 bits per heavy atom. The summed E-state index contributed by atoms with van der Waals surface area (Å²) in [6, 6.07) is 15.0. The summed E-state index contributed by atoms with van der Waals surface area (Å²) in [5.41, 5.74) is 2.67. The zero-order chi connectivity index (χ0) is 23.4. The van der Waals surface area contributed by atoms with Crippen LogP contribution in [0.3, 0.4) is 0 Å². The summed E-state index contributed by atoms with van der Waals surface area (Å²) in [6.45, 7) is -0.0975. The van der Waals surface area contributed by atoms with E-state index in [1.54, 1.807) is 54.6 Å². The lowest BCUT2D eigenvalue weighted by molar-refractivity contribution is 0.282. The molecule has 3 aromatic rings. The molecule has 0 saturated heterocycles. The van der Waals surface area contributed by atoms with Crippen molar-refractivity contribution in [3.63, 3.8) is 0 Å². The van der Waals surface area contributed by atoms with Crippen molar-refractivity contribution in [3.05, 3.63) is 94.8 Å². The first kappa shape index (κ1) is 23.1. The van der Waals surface area contributed by atoms with Crippen LogP contribution in [0.1, 0.15) is 48.3 Å². The molecule has 4 rings (SSSR count). The lowest BCUT2D eigenvalue weighted by Crippen LogP contribution is -2.12. The second kappa shape index (κ2) is 10.3. The molecule has 0 atom stereocenters. The second-order valence-electron chi connectivity index (χ2n) is 8.55. The first-order valence-corrected chi connectivity index (χ1v) is 11.2. The standard InChI is InChI=1S/C28H27F3O2/c1-33-26-15-13-23(16-25(26)29)20-7-2-18(3-8-20)4-11-22-12-14-24(28(31)27(22)30)21-9-5-19(17-32)6-10-21/h4-6,9-16,18,20,32H,2-3,7-8,17H2,1H3/b11-4+. The van der Waals surface area contributed by atoms with Crippen LogP contribution in [0.25, 0.3) is 17.2 Å². The molecule has 2 nitrogen and oxygen atoms in total. The zero-order valence-corrected chi connectivity index (χ0v) is 18.5. The van der Waals surface area contributed by atoms with Gasteiger partial charge in [0, 0.05) is 11.1 Å². The molecule has 0 unspecified atom stereocenters. The first-order valence-electron chi connectivity index (χ1n) is 11.2. The van der Waals surface area contributed by atoms with Gasteiger partial charge in [0.15, 0.2) is 23.2 Å². The number of ether oxygens (including phenoxy) is 1. The van der Waals surface area contributed by atoms with Gasteiger partial charge in [0.25, 0.3) is 0 Å². The van der Waals surface area contributed by atoms with Crippen molar-refractivity contribution >= 4 is 6.08 Å². The third-order valence-electron chi connectivity index (χ3n) is 6.53. The lowest BCUT2D eigenvalue weighted by atomic mass is 9.78. The van der Waals surface area contributed by atoms with Gasteiger partial charge < -0.3 is 9.84 Å². The van der Waals surface area contributed by atoms with Gasteiger partial charge in [-0.3, -0.25) is 0 Å². The minimum absolute atomic E-state index is 0.0975. The number of allylic oxidation sites excluding steroid dienone is 1. The fourth-order valence-electron chi connectivity index (χ4n) is 4.53. The van der Waals surface area contributed by atoms with Crippen LogP contribution in [0.4, 0.5) is 13.2 Å². The van der Waals surface area contributed by atoms with Crippen molar-refractivity contribution in [3.8, 4) is 16.9 Å². The molecule has 5 heteroatoms. The van der Waals surface area contributed by atoms with Crippen LogP contribution in [0, 0.1) is 23.4 Å². The minimum atomic E-state index is -0.876. The van der Waals surface area contributed by atoms with Gasteiger partial charge in [0.05, 0.1) is 13.7 Å². The highest BCUT2D eigenvalue weighted by atomic mass is 19.2. The number of methoxy groups -OCH3 is 1. The van der Waals surface area contributed by atoms with Crippen molar-refractivity contribution in [1.29, 1.82) is 0 Å². The molecule has 0 amide bonds. The average Bonchev–Trinajstić information content (AvgIpc) is 2.85. The van der Waals surface area contributed by atoms with Gasteiger partial charge in [-0.25, -0.2) is 13.2 Å². The van der Waals surface area contributed by atoms with E-state index in [1.807, 2.05) is 12.1 Å². The van der Waals surface area contributed by atoms with Gasteiger partial charge in [-0.2, -0.15) is 0 Å². The number of benzene rings is 3. The number of hydrogen-bond donors (Lipinski definition) is 1. The van der Waals surface area contributed by atoms with Crippen molar-refractivity contribution < 1.29 is 23.0 Å². The number of halogens is 3. The summed E-state index contributed by atoms with van der Waals surface area (Å²) in [7, 11) is 1.45. The van der Waals surface area contributed by atoms with E-state index >= 15 is 0 Å². The maximum atomic E-state index is 14.7. The van der Waals surface area contributed by atoms with E-state index in [0.29, 0.717) is 17.0 Å². The van der Waals surface area contributed by atoms with E-state index in [-0.39, 0.29) is 35.2 Å². The van der Waals surface area contributed by atoms with E-state index in [4.69, 9.17) is 9.84 Å². The van der Waals surface area contributed by atoms with E-state index < -0.39 is 11.6 Å². The summed E-state index contributed by atoms with van der Waals surface area (Å²) in [4.78, 5) is 0. The topological polar surface area (TPSA) is 29.5 Å². The Labute approximate surface area is 192 Å². The van der Waals surface area contributed by atoms with Crippen molar-refractivity contribution in [2.24, 2.45) is 5.92 Å². The van der Waals surface area contributed by atoms with Gasteiger partial charge in [0.1, 0.15) is 0 Å². The Morgan fingerprint density at radius 3 is 2.27 bits per heavy atom. The molecule has 3 aromatic carbocycles. The molecule has 0 heterocycles. The number of aliphatic hydroxyl groups excluding tert-OH is 1. The SMILES string of the molecule is COc1ccc(C2CCC(/C=C/c3ccc(-c4ccc(CO)cc4)c(F)c3F)CC2)cc1F. The number of rotatable bonds is 6. The molecule has 1 N–H and O–H groups in total. The second-order valence-corrected chi connectivity index (χ2v) is 8.55. The largest absolute Gasteiger partial charge is 0.494 e. The molecule has 1 saturated carbocycles. The average molecular weight is 453 g/mol. The summed E-state index contributed by atoms with van der Waals surface area (Å²) in [6.07, 6.45) is 7.27.